The third-order valence-corrected chi connectivity index (χ3v) is 3.69. The number of benzene rings is 2. The van der Waals surface area contributed by atoms with E-state index in [-0.39, 0.29) is 12.4 Å². The standard InChI is InChI=1S/C19H18ClNO2.ClH/c20-17-8-9-19(23-14-15-5-2-1-3-6-15)16(11-17)12-21-13-18-7-4-10-22-18;/h1-11,21H,12-14H2;1H. The third kappa shape index (κ3) is 5.31. The maximum absolute atomic E-state index is 6.11. The summed E-state index contributed by atoms with van der Waals surface area (Å²) >= 11 is 6.11. The molecule has 2 aromatic carbocycles. The average molecular weight is 364 g/mol. The van der Waals surface area contributed by atoms with E-state index in [9.17, 15) is 0 Å². The maximum atomic E-state index is 6.11. The zero-order valence-corrected chi connectivity index (χ0v) is 14.6. The smallest absolute Gasteiger partial charge is 0.124 e. The van der Waals surface area contributed by atoms with Gasteiger partial charge in [-0.25, -0.2) is 0 Å². The lowest BCUT2D eigenvalue weighted by atomic mass is 10.2. The minimum atomic E-state index is 0. The Morgan fingerprint density at radius 1 is 0.958 bits per heavy atom. The van der Waals surface area contributed by atoms with Crippen LogP contribution in [0.1, 0.15) is 16.9 Å². The van der Waals surface area contributed by atoms with Gasteiger partial charge in [-0.1, -0.05) is 41.9 Å². The molecular formula is C19H19Cl2NO2. The van der Waals surface area contributed by atoms with Gasteiger partial charge in [0.25, 0.3) is 0 Å². The monoisotopic (exact) mass is 363 g/mol. The van der Waals surface area contributed by atoms with E-state index in [0.717, 1.165) is 22.6 Å². The summed E-state index contributed by atoms with van der Waals surface area (Å²) < 4.78 is 11.3. The van der Waals surface area contributed by atoms with E-state index in [2.05, 4.69) is 5.32 Å². The molecule has 0 unspecified atom stereocenters. The van der Waals surface area contributed by atoms with Crippen molar-refractivity contribution in [3.05, 3.63) is 88.8 Å². The molecule has 3 aromatic rings. The molecule has 3 nitrogen and oxygen atoms in total. The van der Waals surface area contributed by atoms with E-state index in [4.69, 9.17) is 20.8 Å². The van der Waals surface area contributed by atoms with Gasteiger partial charge < -0.3 is 14.5 Å². The van der Waals surface area contributed by atoms with E-state index >= 15 is 0 Å². The van der Waals surface area contributed by atoms with Crippen LogP contribution in [0.3, 0.4) is 0 Å². The van der Waals surface area contributed by atoms with Crippen LogP contribution in [0.4, 0.5) is 0 Å². The molecule has 0 amide bonds. The summed E-state index contributed by atoms with van der Waals surface area (Å²) in [4.78, 5) is 0. The fraction of sp³-hybridized carbons (Fsp3) is 0.158. The zero-order valence-electron chi connectivity index (χ0n) is 13.1. The van der Waals surface area contributed by atoms with Gasteiger partial charge in [0.2, 0.25) is 0 Å². The molecule has 5 heteroatoms. The first-order chi connectivity index (χ1) is 11.3. The van der Waals surface area contributed by atoms with Crippen LogP contribution in [0.2, 0.25) is 5.02 Å². The van der Waals surface area contributed by atoms with Crippen molar-refractivity contribution in [2.45, 2.75) is 19.7 Å². The van der Waals surface area contributed by atoms with Gasteiger partial charge in [0.15, 0.2) is 0 Å². The second-order valence-electron chi connectivity index (χ2n) is 5.21. The van der Waals surface area contributed by atoms with Crippen LogP contribution in [-0.2, 0) is 19.7 Å². The first-order valence-electron chi connectivity index (χ1n) is 7.49. The molecule has 1 heterocycles. The summed E-state index contributed by atoms with van der Waals surface area (Å²) in [5.41, 5.74) is 2.16. The second kappa shape index (κ2) is 9.38. The number of hydrogen-bond donors (Lipinski definition) is 1. The molecule has 0 atom stereocenters. The van der Waals surface area contributed by atoms with E-state index < -0.39 is 0 Å². The quantitative estimate of drug-likeness (QED) is 0.624. The Morgan fingerprint density at radius 2 is 1.79 bits per heavy atom. The van der Waals surface area contributed by atoms with Gasteiger partial charge in [-0.05, 0) is 35.9 Å². The highest BCUT2D eigenvalue weighted by atomic mass is 35.5. The van der Waals surface area contributed by atoms with E-state index in [0.29, 0.717) is 24.7 Å². The molecule has 0 saturated carbocycles. The molecule has 0 radical (unpaired) electrons. The van der Waals surface area contributed by atoms with Gasteiger partial charge in [-0.15, -0.1) is 12.4 Å². The van der Waals surface area contributed by atoms with Crippen LogP contribution in [0, 0.1) is 0 Å². The molecule has 0 aliphatic carbocycles. The molecule has 3 rings (SSSR count). The molecule has 0 bridgehead atoms. The fourth-order valence-corrected chi connectivity index (χ4v) is 2.49. The molecular weight excluding hydrogens is 345 g/mol. The van der Waals surface area contributed by atoms with Crippen molar-refractivity contribution in [1.82, 2.24) is 5.32 Å². The summed E-state index contributed by atoms with van der Waals surface area (Å²) in [5, 5.41) is 4.04. The number of furan rings is 1. The Balaban J connectivity index is 0.00000208. The second-order valence-corrected chi connectivity index (χ2v) is 5.65. The molecule has 0 spiro atoms. The molecule has 126 valence electrons. The van der Waals surface area contributed by atoms with Crippen molar-refractivity contribution in [3.63, 3.8) is 0 Å². The predicted molar refractivity (Wildman–Crippen MR) is 98.7 cm³/mol. The fourth-order valence-electron chi connectivity index (χ4n) is 2.30. The molecule has 1 aromatic heterocycles. The van der Waals surface area contributed by atoms with Crippen LogP contribution >= 0.6 is 24.0 Å². The minimum absolute atomic E-state index is 0. The molecule has 0 saturated heterocycles. The van der Waals surface area contributed by atoms with E-state index in [1.54, 1.807) is 6.26 Å². The van der Waals surface area contributed by atoms with Gasteiger partial charge >= 0.3 is 0 Å². The predicted octanol–water partition coefficient (Wildman–Crippen LogP) is 5.22. The topological polar surface area (TPSA) is 34.4 Å². The number of ether oxygens (including phenoxy) is 1. The van der Waals surface area contributed by atoms with Crippen LogP contribution in [-0.4, -0.2) is 0 Å². The Hall–Kier alpha value is -1.94. The van der Waals surface area contributed by atoms with E-state index in [1.807, 2.05) is 60.7 Å². The van der Waals surface area contributed by atoms with E-state index in [1.165, 1.54) is 0 Å². The largest absolute Gasteiger partial charge is 0.489 e. The number of nitrogens with one attached hydrogen (secondary N) is 1. The van der Waals surface area contributed by atoms with Crippen LogP contribution in [0.25, 0.3) is 0 Å². The molecule has 0 aliphatic heterocycles. The Labute approximate surface area is 153 Å². The van der Waals surface area contributed by atoms with Gasteiger partial charge in [-0.2, -0.15) is 0 Å². The highest BCUT2D eigenvalue weighted by Crippen LogP contribution is 2.24. The lowest BCUT2D eigenvalue weighted by molar-refractivity contribution is 0.302. The van der Waals surface area contributed by atoms with Crippen molar-refractivity contribution in [1.29, 1.82) is 0 Å². The summed E-state index contributed by atoms with van der Waals surface area (Å²) in [6, 6.07) is 19.6. The molecule has 1 N–H and O–H groups in total. The van der Waals surface area contributed by atoms with Gasteiger partial charge in [0.05, 0.1) is 12.8 Å². The highest BCUT2D eigenvalue weighted by Gasteiger charge is 2.06. The zero-order chi connectivity index (χ0) is 15.9. The summed E-state index contributed by atoms with van der Waals surface area (Å²) in [7, 11) is 0. The van der Waals surface area contributed by atoms with Crippen molar-refractivity contribution < 1.29 is 9.15 Å². The summed E-state index contributed by atoms with van der Waals surface area (Å²) in [6.45, 7) is 1.86. The van der Waals surface area contributed by atoms with Crippen molar-refractivity contribution in [3.8, 4) is 5.75 Å². The summed E-state index contributed by atoms with van der Waals surface area (Å²) in [5.74, 6) is 1.74. The Morgan fingerprint density at radius 3 is 2.54 bits per heavy atom. The third-order valence-electron chi connectivity index (χ3n) is 3.45. The van der Waals surface area contributed by atoms with Gasteiger partial charge in [0.1, 0.15) is 18.1 Å². The van der Waals surface area contributed by atoms with Crippen molar-refractivity contribution in [2.75, 3.05) is 0 Å². The molecule has 0 aliphatic rings. The Kier molecular flexibility index (Phi) is 7.19. The van der Waals surface area contributed by atoms with Crippen LogP contribution < -0.4 is 10.1 Å². The molecule has 0 fully saturated rings. The Bertz CT molecular complexity index is 730. The number of hydrogen-bond acceptors (Lipinski definition) is 3. The average Bonchev–Trinajstić information content (AvgIpc) is 3.08. The molecule has 24 heavy (non-hydrogen) atoms. The first-order valence-corrected chi connectivity index (χ1v) is 7.87. The number of rotatable bonds is 7. The highest BCUT2D eigenvalue weighted by molar-refractivity contribution is 6.30. The van der Waals surface area contributed by atoms with Crippen LogP contribution in [0.5, 0.6) is 5.75 Å². The first kappa shape index (κ1) is 18.4. The number of halogens is 2. The normalized spacial score (nSPS) is 10.2. The van der Waals surface area contributed by atoms with Crippen molar-refractivity contribution in [2.24, 2.45) is 0 Å². The van der Waals surface area contributed by atoms with Gasteiger partial charge in [0, 0.05) is 17.1 Å². The lowest BCUT2D eigenvalue weighted by Gasteiger charge is -2.12. The summed E-state index contributed by atoms with van der Waals surface area (Å²) in [6.07, 6.45) is 1.67. The minimum Gasteiger partial charge on any atom is -0.489 e. The van der Waals surface area contributed by atoms with Crippen molar-refractivity contribution >= 4 is 24.0 Å². The van der Waals surface area contributed by atoms with Crippen LogP contribution in [0.15, 0.2) is 71.3 Å². The van der Waals surface area contributed by atoms with Gasteiger partial charge in [-0.3, -0.25) is 0 Å². The maximum Gasteiger partial charge on any atom is 0.124 e. The lowest BCUT2D eigenvalue weighted by Crippen LogP contribution is -2.13. The SMILES string of the molecule is Cl.Clc1ccc(OCc2ccccc2)c(CNCc2ccco2)c1.